The van der Waals surface area contributed by atoms with Gasteiger partial charge in [0.15, 0.2) is 0 Å². The molecule has 1 atom stereocenters. The van der Waals surface area contributed by atoms with E-state index in [1.165, 1.54) is 14.0 Å². The topological polar surface area (TPSA) is 50.4 Å². The van der Waals surface area contributed by atoms with Crippen LogP contribution in [0.4, 0.5) is 29.3 Å². The van der Waals surface area contributed by atoms with Crippen molar-refractivity contribution >= 4 is 17.5 Å². The Labute approximate surface area is 108 Å². The first-order chi connectivity index (χ1) is 8.80. The number of rotatable bonds is 4. The number of carbonyl (C=O) groups excluding carboxylic acids is 1. The van der Waals surface area contributed by atoms with Gasteiger partial charge in [-0.3, -0.25) is 5.32 Å². The number of hydrogen-bond acceptors (Lipinski definition) is 3. The lowest BCUT2D eigenvalue weighted by atomic mass is 10.2. The van der Waals surface area contributed by atoms with Crippen LogP contribution in [0, 0.1) is 0 Å². The smallest absolute Gasteiger partial charge is 0.411 e. The number of benzene rings is 1. The molecule has 4 nitrogen and oxygen atoms in total. The summed E-state index contributed by atoms with van der Waals surface area (Å²) in [5.41, 5.74) is 1.05. The number of amides is 1. The Balaban J connectivity index is 2.54. The molecule has 1 amide bonds. The summed E-state index contributed by atoms with van der Waals surface area (Å²) in [6.07, 6.45) is -5.71. The molecule has 1 rings (SSSR count). The zero-order valence-electron chi connectivity index (χ0n) is 10.5. The van der Waals surface area contributed by atoms with Crippen molar-refractivity contribution in [2.24, 2.45) is 0 Å². The molecule has 2 N–H and O–H groups in total. The van der Waals surface area contributed by atoms with Crippen molar-refractivity contribution in [3.05, 3.63) is 24.3 Å². The minimum Gasteiger partial charge on any atom is -0.453 e. The molecule has 0 fully saturated rings. The zero-order chi connectivity index (χ0) is 14.5. The third-order valence-corrected chi connectivity index (χ3v) is 2.27. The van der Waals surface area contributed by atoms with Gasteiger partial charge < -0.3 is 10.1 Å². The van der Waals surface area contributed by atoms with Crippen LogP contribution in [-0.4, -0.2) is 25.4 Å². The first-order valence-corrected chi connectivity index (χ1v) is 5.58. The molecule has 106 valence electrons. The number of carbonyl (C=O) groups is 1. The van der Waals surface area contributed by atoms with Crippen molar-refractivity contribution < 1.29 is 22.7 Å². The molecule has 0 radical (unpaired) electrons. The Morgan fingerprint density at radius 2 is 1.79 bits per heavy atom. The fourth-order valence-electron chi connectivity index (χ4n) is 1.50. The predicted molar refractivity (Wildman–Crippen MR) is 66.2 cm³/mol. The summed E-state index contributed by atoms with van der Waals surface area (Å²) in [7, 11) is 1.24. The van der Waals surface area contributed by atoms with Gasteiger partial charge in [-0.05, 0) is 31.2 Å². The predicted octanol–water partition coefficient (Wildman–Crippen LogP) is 3.62. The standard InChI is InChI=1S/C12H15F3N2O2/c1-8(7-12(13,14)15)16-9-3-5-10(6-4-9)17-11(18)19-2/h3-6,8,16H,7H2,1-2H3,(H,17,18). The van der Waals surface area contributed by atoms with E-state index >= 15 is 0 Å². The molecular weight excluding hydrogens is 261 g/mol. The number of anilines is 2. The third kappa shape index (κ3) is 5.98. The van der Waals surface area contributed by atoms with E-state index in [-0.39, 0.29) is 0 Å². The molecular formula is C12H15F3N2O2. The molecule has 0 saturated carbocycles. The first-order valence-electron chi connectivity index (χ1n) is 5.58. The summed E-state index contributed by atoms with van der Waals surface area (Å²) < 4.78 is 40.9. The Morgan fingerprint density at radius 3 is 2.26 bits per heavy atom. The van der Waals surface area contributed by atoms with Crippen LogP contribution in [-0.2, 0) is 4.74 Å². The summed E-state index contributed by atoms with van der Waals surface area (Å²) in [5.74, 6) is 0. The Bertz CT molecular complexity index is 418. The molecule has 0 saturated heterocycles. The molecule has 0 aliphatic rings. The maximum absolute atomic E-state index is 12.2. The van der Waals surface area contributed by atoms with Crippen LogP contribution in [0.25, 0.3) is 0 Å². The summed E-state index contributed by atoms with van der Waals surface area (Å²) >= 11 is 0. The SMILES string of the molecule is COC(=O)Nc1ccc(NC(C)CC(F)(F)F)cc1. The molecule has 0 aliphatic carbocycles. The molecule has 0 heterocycles. The average Bonchev–Trinajstić information content (AvgIpc) is 2.29. The van der Waals surface area contributed by atoms with Crippen molar-refractivity contribution in [1.82, 2.24) is 0 Å². The maximum atomic E-state index is 12.2. The molecule has 1 aromatic rings. The lowest BCUT2D eigenvalue weighted by Crippen LogP contribution is -2.23. The van der Waals surface area contributed by atoms with Crippen molar-refractivity contribution in [1.29, 1.82) is 0 Å². The van der Waals surface area contributed by atoms with Crippen LogP contribution in [0.15, 0.2) is 24.3 Å². The van der Waals surface area contributed by atoms with Crippen molar-refractivity contribution in [3.63, 3.8) is 0 Å². The maximum Gasteiger partial charge on any atom is 0.411 e. The second-order valence-corrected chi connectivity index (χ2v) is 4.06. The van der Waals surface area contributed by atoms with Gasteiger partial charge in [-0.25, -0.2) is 4.79 Å². The van der Waals surface area contributed by atoms with E-state index in [9.17, 15) is 18.0 Å². The number of alkyl halides is 3. The fraction of sp³-hybridized carbons (Fsp3) is 0.417. The second kappa shape index (κ2) is 6.31. The highest BCUT2D eigenvalue weighted by Gasteiger charge is 2.29. The minimum atomic E-state index is -4.20. The van der Waals surface area contributed by atoms with Gasteiger partial charge in [0.1, 0.15) is 0 Å². The summed E-state index contributed by atoms with van der Waals surface area (Å²) in [5, 5.41) is 5.17. The molecule has 0 aliphatic heterocycles. The van der Waals surface area contributed by atoms with Gasteiger partial charge in [-0.2, -0.15) is 13.2 Å². The van der Waals surface area contributed by atoms with E-state index in [1.807, 2.05) is 0 Å². The number of ether oxygens (including phenoxy) is 1. The van der Waals surface area contributed by atoms with Gasteiger partial charge in [-0.1, -0.05) is 0 Å². The zero-order valence-corrected chi connectivity index (χ0v) is 10.5. The number of halogens is 3. The Kier molecular flexibility index (Phi) is 5.02. The highest BCUT2D eigenvalue weighted by Crippen LogP contribution is 2.23. The van der Waals surface area contributed by atoms with Gasteiger partial charge in [0.25, 0.3) is 0 Å². The normalized spacial score (nSPS) is 12.7. The fourth-order valence-corrected chi connectivity index (χ4v) is 1.50. The quantitative estimate of drug-likeness (QED) is 0.883. The third-order valence-electron chi connectivity index (χ3n) is 2.27. The van der Waals surface area contributed by atoms with Crippen LogP contribution in [0.5, 0.6) is 0 Å². The van der Waals surface area contributed by atoms with Gasteiger partial charge in [0.05, 0.1) is 13.5 Å². The molecule has 1 aromatic carbocycles. The Morgan fingerprint density at radius 1 is 1.26 bits per heavy atom. The van der Waals surface area contributed by atoms with Crippen molar-refractivity contribution in [2.45, 2.75) is 25.6 Å². The van der Waals surface area contributed by atoms with E-state index in [4.69, 9.17) is 0 Å². The summed E-state index contributed by atoms with van der Waals surface area (Å²) in [4.78, 5) is 10.9. The largest absolute Gasteiger partial charge is 0.453 e. The van der Waals surface area contributed by atoms with Crippen LogP contribution < -0.4 is 10.6 Å². The van der Waals surface area contributed by atoms with Crippen molar-refractivity contribution in [2.75, 3.05) is 17.7 Å². The molecule has 0 aromatic heterocycles. The van der Waals surface area contributed by atoms with E-state index in [0.717, 1.165) is 0 Å². The second-order valence-electron chi connectivity index (χ2n) is 4.06. The van der Waals surface area contributed by atoms with E-state index in [2.05, 4.69) is 15.4 Å². The molecule has 19 heavy (non-hydrogen) atoms. The molecule has 0 spiro atoms. The number of hydrogen-bond donors (Lipinski definition) is 2. The van der Waals surface area contributed by atoms with Gasteiger partial charge in [0.2, 0.25) is 0 Å². The van der Waals surface area contributed by atoms with Crippen molar-refractivity contribution in [3.8, 4) is 0 Å². The number of methoxy groups -OCH3 is 1. The highest BCUT2D eigenvalue weighted by molar-refractivity contribution is 5.84. The average molecular weight is 276 g/mol. The van der Waals surface area contributed by atoms with E-state index in [0.29, 0.717) is 11.4 Å². The monoisotopic (exact) mass is 276 g/mol. The summed E-state index contributed by atoms with van der Waals surface area (Å²) in [6.45, 7) is 1.45. The van der Waals surface area contributed by atoms with E-state index < -0.39 is 24.7 Å². The number of nitrogens with one attached hydrogen (secondary N) is 2. The first kappa shape index (κ1) is 15.1. The molecule has 1 unspecified atom stereocenters. The molecule has 0 bridgehead atoms. The Hall–Kier alpha value is -1.92. The van der Waals surface area contributed by atoms with Crippen LogP contribution in [0.3, 0.4) is 0 Å². The van der Waals surface area contributed by atoms with Crippen LogP contribution in [0.2, 0.25) is 0 Å². The van der Waals surface area contributed by atoms with E-state index in [1.54, 1.807) is 24.3 Å². The minimum absolute atomic E-state index is 0.501. The highest BCUT2D eigenvalue weighted by atomic mass is 19.4. The van der Waals surface area contributed by atoms with Crippen LogP contribution in [0.1, 0.15) is 13.3 Å². The lowest BCUT2D eigenvalue weighted by Gasteiger charge is -2.17. The van der Waals surface area contributed by atoms with Gasteiger partial charge >= 0.3 is 12.3 Å². The summed E-state index contributed by atoms with van der Waals surface area (Å²) in [6, 6.07) is 5.58. The van der Waals surface area contributed by atoms with Crippen LogP contribution >= 0.6 is 0 Å². The van der Waals surface area contributed by atoms with Gasteiger partial charge in [0, 0.05) is 17.4 Å². The molecule has 7 heteroatoms. The lowest BCUT2D eigenvalue weighted by molar-refractivity contribution is -0.136. The van der Waals surface area contributed by atoms with Gasteiger partial charge in [-0.15, -0.1) is 0 Å².